The summed E-state index contributed by atoms with van der Waals surface area (Å²) >= 11 is 1.06. The van der Waals surface area contributed by atoms with Gasteiger partial charge in [0.1, 0.15) is 11.6 Å². The molecule has 1 aromatic rings. The molecular weight excluding hydrogens is 292 g/mol. The maximum atomic E-state index is 13.6. The van der Waals surface area contributed by atoms with Crippen molar-refractivity contribution in [3.8, 4) is 0 Å². The molecule has 0 aliphatic heterocycles. The van der Waals surface area contributed by atoms with E-state index in [1.807, 2.05) is 0 Å². The highest BCUT2D eigenvalue weighted by Crippen LogP contribution is 2.28. The van der Waals surface area contributed by atoms with Crippen molar-refractivity contribution in [3.63, 3.8) is 0 Å². The quantitative estimate of drug-likeness (QED) is 0.846. The van der Waals surface area contributed by atoms with Gasteiger partial charge in [-0.1, -0.05) is 19.8 Å². The Kier molecular flexibility index (Phi) is 5.62. The van der Waals surface area contributed by atoms with Gasteiger partial charge in [-0.15, -0.1) is 11.8 Å². The lowest BCUT2D eigenvalue weighted by molar-refractivity contribution is -0.121. The van der Waals surface area contributed by atoms with E-state index in [1.54, 1.807) is 6.92 Å². The Morgan fingerprint density at radius 1 is 1.33 bits per heavy atom. The van der Waals surface area contributed by atoms with E-state index in [4.69, 9.17) is 0 Å². The minimum Gasteiger partial charge on any atom is -0.352 e. The fourth-order valence-corrected chi connectivity index (χ4v) is 3.56. The predicted molar refractivity (Wildman–Crippen MR) is 81.2 cm³/mol. The van der Waals surface area contributed by atoms with Crippen LogP contribution in [0.25, 0.3) is 0 Å². The molecule has 0 radical (unpaired) electrons. The summed E-state index contributed by atoms with van der Waals surface area (Å²) in [6.45, 7) is 3.87. The first-order valence-electron chi connectivity index (χ1n) is 7.39. The fraction of sp³-hybridized carbons (Fsp3) is 0.562. The number of nitrogens with one attached hydrogen (secondary N) is 1. The molecule has 2 nitrogen and oxygen atoms in total. The Morgan fingerprint density at radius 3 is 2.76 bits per heavy atom. The van der Waals surface area contributed by atoms with Crippen LogP contribution < -0.4 is 5.32 Å². The van der Waals surface area contributed by atoms with E-state index >= 15 is 0 Å². The Balaban J connectivity index is 1.94. The van der Waals surface area contributed by atoms with E-state index < -0.39 is 16.9 Å². The van der Waals surface area contributed by atoms with Crippen molar-refractivity contribution < 1.29 is 13.6 Å². The van der Waals surface area contributed by atoms with E-state index in [9.17, 15) is 13.6 Å². The van der Waals surface area contributed by atoms with E-state index in [2.05, 4.69) is 12.2 Å². The Bertz CT molecular complexity index is 509. The van der Waals surface area contributed by atoms with Crippen LogP contribution >= 0.6 is 11.8 Å². The zero-order valence-corrected chi connectivity index (χ0v) is 13.2. The molecule has 116 valence electrons. The molecule has 1 aromatic carbocycles. The number of benzene rings is 1. The summed E-state index contributed by atoms with van der Waals surface area (Å²) in [7, 11) is 0. The third-order valence-corrected chi connectivity index (χ3v) is 5.14. The standard InChI is InChI=1S/C16H21F2NOS/c1-10-5-3-4-6-14(10)19-16(20)11(2)21-15-9-12(17)7-8-13(15)18/h7-11,14H,3-6H2,1-2H3,(H,19,20)/t10-,11+,14-/m0/s1. The minimum atomic E-state index is -0.493. The molecule has 0 saturated heterocycles. The lowest BCUT2D eigenvalue weighted by Gasteiger charge is -2.30. The number of hydrogen-bond donors (Lipinski definition) is 1. The molecule has 5 heteroatoms. The first-order chi connectivity index (χ1) is 9.97. The van der Waals surface area contributed by atoms with Crippen molar-refractivity contribution in [1.82, 2.24) is 5.32 Å². The van der Waals surface area contributed by atoms with Gasteiger partial charge in [-0.25, -0.2) is 8.78 Å². The molecule has 1 saturated carbocycles. The van der Waals surface area contributed by atoms with Gasteiger partial charge in [0.05, 0.1) is 5.25 Å². The number of rotatable bonds is 4. The van der Waals surface area contributed by atoms with Crippen LogP contribution in [0.2, 0.25) is 0 Å². The largest absolute Gasteiger partial charge is 0.352 e. The van der Waals surface area contributed by atoms with Gasteiger partial charge >= 0.3 is 0 Å². The third kappa shape index (κ3) is 4.43. The first kappa shape index (κ1) is 16.3. The monoisotopic (exact) mass is 313 g/mol. The average molecular weight is 313 g/mol. The molecule has 21 heavy (non-hydrogen) atoms. The second-order valence-corrected chi connectivity index (χ2v) is 7.09. The van der Waals surface area contributed by atoms with Crippen LogP contribution in [0, 0.1) is 17.6 Å². The van der Waals surface area contributed by atoms with Crippen LogP contribution in [0.1, 0.15) is 39.5 Å². The van der Waals surface area contributed by atoms with Gasteiger partial charge in [0.2, 0.25) is 5.91 Å². The van der Waals surface area contributed by atoms with E-state index in [1.165, 1.54) is 6.42 Å². The fourth-order valence-electron chi connectivity index (χ4n) is 2.64. The number of amides is 1. The van der Waals surface area contributed by atoms with Gasteiger partial charge in [-0.2, -0.15) is 0 Å². The SMILES string of the molecule is C[C@@H](Sc1cc(F)ccc1F)C(=O)N[C@H]1CCCC[C@@H]1C. The van der Waals surface area contributed by atoms with Crippen molar-refractivity contribution in [2.45, 2.75) is 55.7 Å². The Morgan fingerprint density at radius 2 is 2.05 bits per heavy atom. The van der Waals surface area contributed by atoms with Crippen molar-refractivity contribution in [2.75, 3.05) is 0 Å². The van der Waals surface area contributed by atoms with Crippen LogP contribution in [0.5, 0.6) is 0 Å². The summed E-state index contributed by atoms with van der Waals surface area (Å²) in [6, 6.07) is 3.50. The van der Waals surface area contributed by atoms with Crippen molar-refractivity contribution in [2.24, 2.45) is 5.92 Å². The maximum Gasteiger partial charge on any atom is 0.233 e. The summed E-state index contributed by atoms with van der Waals surface area (Å²) in [5, 5.41) is 2.60. The number of hydrogen-bond acceptors (Lipinski definition) is 2. The summed E-state index contributed by atoms with van der Waals surface area (Å²) in [4.78, 5) is 12.4. The molecule has 0 bridgehead atoms. The Labute approximate surface area is 128 Å². The zero-order chi connectivity index (χ0) is 15.4. The summed E-state index contributed by atoms with van der Waals surface area (Å²) in [5.74, 6) is -0.618. The van der Waals surface area contributed by atoms with Gasteiger partial charge in [0.25, 0.3) is 0 Å². The smallest absolute Gasteiger partial charge is 0.233 e. The second-order valence-electron chi connectivity index (χ2n) is 5.71. The predicted octanol–water partition coefficient (Wildman–Crippen LogP) is 4.14. The lowest BCUT2D eigenvalue weighted by Crippen LogP contribution is -2.44. The average Bonchev–Trinajstić information content (AvgIpc) is 2.45. The Hall–Kier alpha value is -1.10. The van der Waals surface area contributed by atoms with Crippen molar-refractivity contribution >= 4 is 17.7 Å². The molecule has 2 rings (SSSR count). The van der Waals surface area contributed by atoms with E-state index in [0.29, 0.717) is 5.92 Å². The summed E-state index contributed by atoms with van der Waals surface area (Å²) < 4.78 is 26.7. The molecule has 1 aliphatic rings. The highest BCUT2D eigenvalue weighted by molar-refractivity contribution is 8.00. The molecule has 0 aromatic heterocycles. The van der Waals surface area contributed by atoms with Crippen molar-refractivity contribution in [3.05, 3.63) is 29.8 Å². The van der Waals surface area contributed by atoms with Crippen molar-refractivity contribution in [1.29, 1.82) is 0 Å². The molecule has 0 heterocycles. The van der Waals surface area contributed by atoms with Gasteiger partial charge < -0.3 is 5.32 Å². The number of halogens is 2. The highest BCUT2D eigenvalue weighted by Gasteiger charge is 2.25. The maximum absolute atomic E-state index is 13.6. The minimum absolute atomic E-state index is 0.109. The molecule has 1 aliphatic carbocycles. The molecule has 0 unspecified atom stereocenters. The topological polar surface area (TPSA) is 29.1 Å². The van der Waals surface area contributed by atoms with Crippen LogP contribution in [0.3, 0.4) is 0 Å². The number of carbonyl (C=O) groups is 1. The molecule has 1 fully saturated rings. The van der Waals surface area contributed by atoms with Gasteiger partial charge in [-0.05, 0) is 43.9 Å². The summed E-state index contributed by atoms with van der Waals surface area (Å²) in [5.41, 5.74) is 0. The molecule has 1 amide bonds. The second kappa shape index (κ2) is 7.25. The van der Waals surface area contributed by atoms with Crippen LogP contribution in [-0.2, 0) is 4.79 Å². The van der Waals surface area contributed by atoms with Gasteiger partial charge in [-0.3, -0.25) is 4.79 Å². The third-order valence-electron chi connectivity index (χ3n) is 4.01. The zero-order valence-electron chi connectivity index (χ0n) is 12.4. The van der Waals surface area contributed by atoms with Gasteiger partial charge in [0, 0.05) is 10.9 Å². The van der Waals surface area contributed by atoms with E-state index in [-0.39, 0.29) is 16.8 Å². The molecule has 1 N–H and O–H groups in total. The molecule has 0 spiro atoms. The highest BCUT2D eigenvalue weighted by atomic mass is 32.2. The van der Waals surface area contributed by atoms with Crippen LogP contribution in [-0.4, -0.2) is 17.2 Å². The normalized spacial score (nSPS) is 23.6. The first-order valence-corrected chi connectivity index (χ1v) is 8.27. The number of carbonyl (C=O) groups excluding carboxylic acids is 1. The lowest BCUT2D eigenvalue weighted by atomic mass is 9.86. The van der Waals surface area contributed by atoms with Crippen LogP contribution in [0.4, 0.5) is 8.78 Å². The van der Waals surface area contributed by atoms with Gasteiger partial charge in [0.15, 0.2) is 0 Å². The molecule has 3 atom stereocenters. The number of thioether (sulfide) groups is 1. The summed E-state index contributed by atoms with van der Waals surface area (Å²) in [6.07, 6.45) is 4.48. The molecular formula is C16H21F2NOS. The van der Waals surface area contributed by atoms with E-state index in [0.717, 1.165) is 49.2 Å². The van der Waals surface area contributed by atoms with Crippen LogP contribution in [0.15, 0.2) is 23.1 Å².